The fourth-order valence-corrected chi connectivity index (χ4v) is 4.39. The Balaban J connectivity index is 1.27. The largest absolute Gasteiger partial charge is 0.489 e. The number of carboxylic acids is 1. The SMILES string of the molecule is O=C(O)CCc1c(-c2ccccc2)c[nH]c1Cc1ccc(OCc2cccc(-c3cnccn3)c2)cc1. The second-order valence-electron chi connectivity index (χ2n) is 8.82. The van der Waals surface area contributed by atoms with Crippen LogP contribution in [-0.4, -0.2) is 26.0 Å². The van der Waals surface area contributed by atoms with E-state index >= 15 is 0 Å². The Morgan fingerprint density at radius 1 is 0.892 bits per heavy atom. The zero-order chi connectivity index (χ0) is 25.5. The second-order valence-corrected chi connectivity index (χ2v) is 8.82. The predicted molar refractivity (Wildman–Crippen MR) is 143 cm³/mol. The summed E-state index contributed by atoms with van der Waals surface area (Å²) in [6.45, 7) is 0.448. The van der Waals surface area contributed by atoms with Gasteiger partial charge in [0.25, 0.3) is 0 Å². The topological polar surface area (TPSA) is 88.1 Å². The number of rotatable bonds is 10. The first kappa shape index (κ1) is 24.0. The van der Waals surface area contributed by atoms with Gasteiger partial charge in [-0.25, -0.2) is 0 Å². The van der Waals surface area contributed by atoms with Crippen LogP contribution in [0.15, 0.2) is 104 Å². The highest BCUT2D eigenvalue weighted by molar-refractivity contribution is 5.71. The Kier molecular flexibility index (Phi) is 7.36. The van der Waals surface area contributed by atoms with E-state index in [1.807, 2.05) is 66.9 Å². The van der Waals surface area contributed by atoms with E-state index < -0.39 is 5.97 Å². The van der Waals surface area contributed by atoms with Crippen LogP contribution in [-0.2, 0) is 24.2 Å². The van der Waals surface area contributed by atoms with Crippen molar-refractivity contribution in [1.29, 1.82) is 0 Å². The first-order chi connectivity index (χ1) is 18.2. The zero-order valence-electron chi connectivity index (χ0n) is 20.3. The maximum Gasteiger partial charge on any atom is 0.303 e. The van der Waals surface area contributed by atoms with Gasteiger partial charge in [-0.15, -0.1) is 0 Å². The van der Waals surface area contributed by atoms with Gasteiger partial charge in [0.15, 0.2) is 0 Å². The molecule has 2 aromatic heterocycles. The molecule has 37 heavy (non-hydrogen) atoms. The number of carboxylic acid groups (broad SMARTS) is 1. The highest BCUT2D eigenvalue weighted by Gasteiger charge is 2.15. The lowest BCUT2D eigenvalue weighted by Gasteiger charge is -2.10. The lowest BCUT2D eigenvalue weighted by molar-refractivity contribution is -0.136. The molecule has 0 atom stereocenters. The number of carbonyl (C=O) groups is 1. The summed E-state index contributed by atoms with van der Waals surface area (Å²) in [5, 5.41) is 9.26. The molecule has 0 radical (unpaired) electrons. The lowest BCUT2D eigenvalue weighted by atomic mass is 9.97. The van der Waals surface area contributed by atoms with Crippen LogP contribution >= 0.6 is 0 Å². The van der Waals surface area contributed by atoms with Crippen molar-refractivity contribution in [1.82, 2.24) is 15.0 Å². The third kappa shape index (κ3) is 6.11. The predicted octanol–water partition coefficient (Wildman–Crippen LogP) is 6.33. The van der Waals surface area contributed by atoms with Crippen molar-refractivity contribution >= 4 is 5.97 Å². The molecule has 6 heteroatoms. The second kappa shape index (κ2) is 11.4. The number of nitrogens with one attached hydrogen (secondary N) is 1. The highest BCUT2D eigenvalue weighted by Crippen LogP contribution is 2.29. The first-order valence-corrected chi connectivity index (χ1v) is 12.2. The Bertz CT molecular complexity index is 1460. The van der Waals surface area contributed by atoms with Crippen molar-refractivity contribution in [3.63, 3.8) is 0 Å². The Morgan fingerprint density at radius 2 is 1.70 bits per heavy atom. The number of aromatic nitrogens is 3. The summed E-state index contributed by atoms with van der Waals surface area (Å²) >= 11 is 0. The highest BCUT2D eigenvalue weighted by atomic mass is 16.5. The molecule has 0 spiro atoms. The average Bonchev–Trinajstić information content (AvgIpc) is 3.35. The first-order valence-electron chi connectivity index (χ1n) is 12.2. The molecule has 0 aliphatic carbocycles. The van der Waals surface area contributed by atoms with Crippen molar-refractivity contribution in [2.24, 2.45) is 0 Å². The number of ether oxygens (including phenoxy) is 1. The van der Waals surface area contributed by atoms with Crippen LogP contribution < -0.4 is 4.74 Å². The van der Waals surface area contributed by atoms with Crippen molar-refractivity contribution < 1.29 is 14.6 Å². The van der Waals surface area contributed by atoms with Crippen LogP contribution in [0.1, 0.15) is 28.8 Å². The summed E-state index contributed by atoms with van der Waals surface area (Å²) in [5.41, 5.74) is 8.23. The summed E-state index contributed by atoms with van der Waals surface area (Å²) in [7, 11) is 0. The van der Waals surface area contributed by atoms with E-state index in [1.165, 1.54) is 0 Å². The molecule has 0 aliphatic heterocycles. The molecule has 6 nitrogen and oxygen atoms in total. The molecule has 5 rings (SSSR count). The quantitative estimate of drug-likeness (QED) is 0.239. The average molecular weight is 490 g/mol. The normalized spacial score (nSPS) is 10.8. The van der Waals surface area contributed by atoms with Gasteiger partial charge in [0.1, 0.15) is 12.4 Å². The number of benzene rings is 3. The van der Waals surface area contributed by atoms with Gasteiger partial charge in [-0.1, -0.05) is 60.7 Å². The van der Waals surface area contributed by atoms with Gasteiger partial charge in [-0.05, 0) is 46.9 Å². The molecular weight excluding hydrogens is 462 g/mol. The summed E-state index contributed by atoms with van der Waals surface area (Å²) in [6, 6.07) is 26.2. The minimum atomic E-state index is -0.796. The van der Waals surface area contributed by atoms with Crippen molar-refractivity contribution in [2.75, 3.05) is 0 Å². The van der Waals surface area contributed by atoms with E-state index in [0.717, 1.165) is 50.5 Å². The maximum absolute atomic E-state index is 11.3. The monoisotopic (exact) mass is 489 g/mol. The van der Waals surface area contributed by atoms with E-state index in [2.05, 4.69) is 33.2 Å². The third-order valence-corrected chi connectivity index (χ3v) is 6.25. The summed E-state index contributed by atoms with van der Waals surface area (Å²) in [5.74, 6) is -0.00823. The maximum atomic E-state index is 11.3. The van der Waals surface area contributed by atoms with Gasteiger partial charge < -0.3 is 14.8 Å². The minimum Gasteiger partial charge on any atom is -0.489 e. The van der Waals surface area contributed by atoms with Crippen LogP contribution in [0.4, 0.5) is 0 Å². The summed E-state index contributed by atoms with van der Waals surface area (Å²) in [4.78, 5) is 23.2. The summed E-state index contributed by atoms with van der Waals surface area (Å²) in [6.07, 6.45) is 8.33. The van der Waals surface area contributed by atoms with Gasteiger partial charge >= 0.3 is 5.97 Å². The van der Waals surface area contributed by atoms with Crippen LogP contribution in [0.2, 0.25) is 0 Å². The van der Waals surface area contributed by atoms with Crippen LogP contribution in [0.25, 0.3) is 22.4 Å². The van der Waals surface area contributed by atoms with E-state index in [1.54, 1.807) is 18.6 Å². The van der Waals surface area contributed by atoms with Crippen LogP contribution in [0.3, 0.4) is 0 Å². The van der Waals surface area contributed by atoms with Crippen LogP contribution in [0, 0.1) is 0 Å². The Morgan fingerprint density at radius 3 is 2.46 bits per heavy atom. The Hall–Kier alpha value is -4.71. The van der Waals surface area contributed by atoms with E-state index in [-0.39, 0.29) is 6.42 Å². The van der Waals surface area contributed by atoms with E-state index in [9.17, 15) is 9.90 Å². The molecule has 0 unspecified atom stereocenters. The number of nitrogens with zero attached hydrogens (tertiary/aromatic N) is 2. The molecule has 2 N–H and O–H groups in total. The van der Waals surface area contributed by atoms with Gasteiger partial charge in [0.05, 0.1) is 11.9 Å². The number of hydrogen-bond acceptors (Lipinski definition) is 4. The zero-order valence-corrected chi connectivity index (χ0v) is 20.3. The van der Waals surface area contributed by atoms with Crippen molar-refractivity contribution in [3.05, 3.63) is 126 Å². The number of hydrogen-bond donors (Lipinski definition) is 2. The van der Waals surface area contributed by atoms with Gasteiger partial charge in [-0.2, -0.15) is 0 Å². The third-order valence-electron chi connectivity index (χ3n) is 6.25. The van der Waals surface area contributed by atoms with Crippen LogP contribution in [0.5, 0.6) is 5.75 Å². The molecule has 2 heterocycles. The smallest absolute Gasteiger partial charge is 0.303 e. The number of H-pyrrole nitrogens is 1. The number of aromatic amines is 1. The van der Waals surface area contributed by atoms with E-state index in [4.69, 9.17) is 4.74 Å². The fourth-order valence-electron chi connectivity index (χ4n) is 4.39. The molecular formula is C31H27N3O3. The molecule has 5 aromatic rings. The molecule has 0 saturated carbocycles. The molecule has 0 amide bonds. The molecule has 0 fully saturated rings. The van der Waals surface area contributed by atoms with Gasteiger partial charge in [-0.3, -0.25) is 14.8 Å². The number of aliphatic carboxylic acids is 1. The molecule has 184 valence electrons. The van der Waals surface area contributed by atoms with E-state index in [0.29, 0.717) is 19.4 Å². The molecule has 0 aliphatic rings. The van der Waals surface area contributed by atoms with Gasteiger partial charge in [0.2, 0.25) is 0 Å². The molecule has 0 saturated heterocycles. The molecule has 0 bridgehead atoms. The van der Waals surface area contributed by atoms with Crippen molar-refractivity contribution in [2.45, 2.75) is 25.9 Å². The standard InChI is InChI=1S/C31H27N3O3/c35-31(36)14-13-27-28(24-6-2-1-3-7-24)19-34-29(27)18-22-9-11-26(12-10-22)37-21-23-5-4-8-25(17-23)30-20-32-15-16-33-30/h1-12,15-17,19-20,34H,13-14,18,21H2,(H,35,36). The van der Waals surface area contributed by atoms with Crippen molar-refractivity contribution in [3.8, 4) is 28.1 Å². The molecule has 3 aromatic carbocycles. The van der Waals surface area contributed by atoms with Gasteiger partial charge in [0, 0.05) is 48.3 Å². The summed E-state index contributed by atoms with van der Waals surface area (Å²) < 4.78 is 6.03. The minimum absolute atomic E-state index is 0.0928. The fraction of sp³-hybridized carbons (Fsp3) is 0.129. The Labute approximate surface area is 215 Å². The lowest BCUT2D eigenvalue weighted by Crippen LogP contribution is -2.01.